The maximum absolute atomic E-state index is 6.16. The van der Waals surface area contributed by atoms with E-state index in [4.69, 9.17) is 11.6 Å². The van der Waals surface area contributed by atoms with Crippen molar-refractivity contribution in [2.75, 3.05) is 0 Å². The van der Waals surface area contributed by atoms with Crippen LogP contribution >= 0.6 is 11.6 Å². The van der Waals surface area contributed by atoms with E-state index in [-0.39, 0.29) is 0 Å². The molecule has 72 valence electrons. The molecule has 0 unspecified atom stereocenters. The lowest BCUT2D eigenvalue weighted by Gasteiger charge is -2.13. The van der Waals surface area contributed by atoms with Gasteiger partial charge in [0.1, 0.15) is 0 Å². The van der Waals surface area contributed by atoms with Gasteiger partial charge in [0.25, 0.3) is 0 Å². The predicted octanol–water partition coefficient (Wildman–Crippen LogP) is 4.08. The normalized spacial score (nSPS) is 10.5. The molecule has 0 aliphatic carbocycles. The van der Waals surface area contributed by atoms with Gasteiger partial charge < -0.3 is 0 Å². The third kappa shape index (κ3) is 1.88. The highest BCUT2D eigenvalue weighted by molar-refractivity contribution is 6.31. The number of hydrogen-bond acceptors (Lipinski definition) is 0. The molecule has 13 heavy (non-hydrogen) atoms. The largest absolute Gasteiger partial charge is 0.0840 e. The first kappa shape index (κ1) is 10.6. The molecule has 1 heteroatoms. The van der Waals surface area contributed by atoms with Crippen molar-refractivity contribution in [2.45, 2.75) is 40.5 Å². The minimum absolute atomic E-state index is 0.926. The van der Waals surface area contributed by atoms with Crippen LogP contribution in [-0.4, -0.2) is 0 Å². The lowest BCUT2D eigenvalue weighted by atomic mass is 9.95. The highest BCUT2D eigenvalue weighted by Crippen LogP contribution is 2.26. The van der Waals surface area contributed by atoms with E-state index in [0.29, 0.717) is 0 Å². The molecule has 0 bridgehead atoms. The van der Waals surface area contributed by atoms with Gasteiger partial charge in [-0.05, 0) is 55.0 Å². The van der Waals surface area contributed by atoms with Crippen LogP contribution in [0.25, 0.3) is 0 Å². The number of benzene rings is 1. The van der Waals surface area contributed by atoms with Gasteiger partial charge in [-0.25, -0.2) is 0 Å². The van der Waals surface area contributed by atoms with Gasteiger partial charge >= 0.3 is 0 Å². The van der Waals surface area contributed by atoms with Crippen LogP contribution in [0.4, 0.5) is 0 Å². The zero-order valence-electron chi connectivity index (χ0n) is 8.87. The van der Waals surface area contributed by atoms with Crippen molar-refractivity contribution >= 4 is 11.6 Å². The first-order valence-corrected chi connectivity index (χ1v) is 5.27. The smallest absolute Gasteiger partial charge is 0.0443 e. The van der Waals surface area contributed by atoms with E-state index in [1.807, 2.05) is 0 Å². The molecule has 0 spiro atoms. The Bertz CT molecular complexity index is 285. The molecule has 1 aromatic rings. The average Bonchev–Trinajstić information content (AvgIpc) is 2.04. The van der Waals surface area contributed by atoms with E-state index in [0.717, 1.165) is 17.9 Å². The summed E-state index contributed by atoms with van der Waals surface area (Å²) in [6.45, 7) is 8.67. The summed E-state index contributed by atoms with van der Waals surface area (Å²) in [7, 11) is 0. The molecule has 0 radical (unpaired) electrons. The SMILES string of the molecule is CCc1c(C)cc(Cl)c(CC)c1C. The second-order valence-corrected chi connectivity index (χ2v) is 3.87. The fourth-order valence-electron chi connectivity index (χ4n) is 2.00. The van der Waals surface area contributed by atoms with E-state index in [1.54, 1.807) is 0 Å². The maximum atomic E-state index is 6.16. The number of hydrogen-bond donors (Lipinski definition) is 0. The molecule has 0 N–H and O–H groups in total. The number of rotatable bonds is 2. The van der Waals surface area contributed by atoms with Crippen LogP contribution < -0.4 is 0 Å². The monoisotopic (exact) mass is 196 g/mol. The first-order chi connectivity index (χ1) is 6.11. The first-order valence-electron chi connectivity index (χ1n) is 4.89. The second-order valence-electron chi connectivity index (χ2n) is 3.46. The van der Waals surface area contributed by atoms with Crippen LogP contribution in [0.5, 0.6) is 0 Å². The molecule has 0 aromatic heterocycles. The van der Waals surface area contributed by atoms with Gasteiger partial charge in [0.05, 0.1) is 0 Å². The molecule has 0 aliphatic rings. The van der Waals surface area contributed by atoms with Gasteiger partial charge in [0.2, 0.25) is 0 Å². The standard InChI is InChI=1S/C12H17Cl/c1-5-10-8(3)7-12(13)11(6-2)9(10)4/h7H,5-6H2,1-4H3. The van der Waals surface area contributed by atoms with Crippen molar-refractivity contribution in [3.05, 3.63) is 33.3 Å². The molecular formula is C12H17Cl. The summed E-state index contributed by atoms with van der Waals surface area (Å²) in [4.78, 5) is 0. The molecule has 1 aromatic carbocycles. The van der Waals surface area contributed by atoms with Crippen molar-refractivity contribution in [3.8, 4) is 0 Å². The third-order valence-electron chi connectivity index (χ3n) is 2.72. The van der Waals surface area contributed by atoms with Crippen LogP contribution in [0, 0.1) is 13.8 Å². The summed E-state index contributed by atoms with van der Waals surface area (Å²) < 4.78 is 0. The van der Waals surface area contributed by atoms with Gasteiger partial charge in [0.15, 0.2) is 0 Å². The van der Waals surface area contributed by atoms with E-state index < -0.39 is 0 Å². The number of aryl methyl sites for hydroxylation is 1. The van der Waals surface area contributed by atoms with Crippen molar-refractivity contribution in [3.63, 3.8) is 0 Å². The Morgan fingerprint density at radius 3 is 2.08 bits per heavy atom. The summed E-state index contributed by atoms with van der Waals surface area (Å²) >= 11 is 6.16. The minimum atomic E-state index is 0.926. The van der Waals surface area contributed by atoms with Gasteiger partial charge in [0, 0.05) is 5.02 Å². The predicted molar refractivity (Wildman–Crippen MR) is 59.7 cm³/mol. The fourth-order valence-corrected chi connectivity index (χ4v) is 2.44. The van der Waals surface area contributed by atoms with E-state index in [1.165, 1.54) is 22.3 Å². The van der Waals surface area contributed by atoms with E-state index in [2.05, 4.69) is 33.8 Å². The van der Waals surface area contributed by atoms with Crippen molar-refractivity contribution < 1.29 is 0 Å². The third-order valence-corrected chi connectivity index (χ3v) is 3.06. The zero-order valence-corrected chi connectivity index (χ0v) is 9.63. The van der Waals surface area contributed by atoms with Crippen LogP contribution in [0.15, 0.2) is 6.07 Å². The van der Waals surface area contributed by atoms with Crippen molar-refractivity contribution in [1.82, 2.24) is 0 Å². The molecular weight excluding hydrogens is 180 g/mol. The Morgan fingerprint density at radius 2 is 1.62 bits per heavy atom. The molecule has 0 fully saturated rings. The van der Waals surface area contributed by atoms with Crippen LogP contribution in [-0.2, 0) is 12.8 Å². The van der Waals surface area contributed by atoms with Crippen LogP contribution in [0.2, 0.25) is 5.02 Å². The summed E-state index contributed by atoms with van der Waals surface area (Å²) in [5.74, 6) is 0. The summed E-state index contributed by atoms with van der Waals surface area (Å²) in [6, 6.07) is 2.09. The highest BCUT2D eigenvalue weighted by atomic mass is 35.5. The van der Waals surface area contributed by atoms with E-state index in [9.17, 15) is 0 Å². The minimum Gasteiger partial charge on any atom is -0.0840 e. The summed E-state index contributed by atoms with van der Waals surface area (Å²) in [6.07, 6.45) is 2.12. The quantitative estimate of drug-likeness (QED) is 0.669. The Labute approximate surface area is 85.9 Å². The molecule has 0 aliphatic heterocycles. The molecule has 0 saturated heterocycles. The van der Waals surface area contributed by atoms with Gasteiger partial charge in [-0.15, -0.1) is 0 Å². The molecule has 0 nitrogen and oxygen atoms in total. The van der Waals surface area contributed by atoms with Crippen LogP contribution in [0.3, 0.4) is 0 Å². The topological polar surface area (TPSA) is 0 Å². The van der Waals surface area contributed by atoms with Crippen molar-refractivity contribution in [1.29, 1.82) is 0 Å². The highest BCUT2D eigenvalue weighted by Gasteiger charge is 2.08. The summed E-state index contributed by atoms with van der Waals surface area (Å²) in [5.41, 5.74) is 5.47. The second kappa shape index (κ2) is 4.15. The molecule has 1 rings (SSSR count). The maximum Gasteiger partial charge on any atom is 0.0443 e. The van der Waals surface area contributed by atoms with Gasteiger partial charge in [-0.3, -0.25) is 0 Å². The molecule has 0 heterocycles. The Kier molecular flexibility index (Phi) is 3.38. The summed E-state index contributed by atoms with van der Waals surface area (Å²) in [5, 5.41) is 0.926. The van der Waals surface area contributed by atoms with E-state index >= 15 is 0 Å². The molecule has 0 saturated carbocycles. The molecule has 0 amide bonds. The Hall–Kier alpha value is -0.490. The van der Waals surface area contributed by atoms with Crippen LogP contribution in [0.1, 0.15) is 36.1 Å². The number of halogens is 1. The zero-order chi connectivity index (χ0) is 10.0. The fraction of sp³-hybridized carbons (Fsp3) is 0.500. The van der Waals surface area contributed by atoms with Gasteiger partial charge in [-0.1, -0.05) is 25.4 Å². The van der Waals surface area contributed by atoms with Crippen molar-refractivity contribution in [2.24, 2.45) is 0 Å². The lowest BCUT2D eigenvalue weighted by Crippen LogP contribution is -1.97. The Morgan fingerprint density at radius 1 is 1.08 bits per heavy atom. The average molecular weight is 197 g/mol. The Balaban J connectivity index is 3.39. The van der Waals surface area contributed by atoms with Gasteiger partial charge in [-0.2, -0.15) is 0 Å². The lowest BCUT2D eigenvalue weighted by molar-refractivity contribution is 1.03. The molecule has 0 atom stereocenters.